The molecule has 3 aromatic rings. The Hall–Kier alpha value is -1.52. The third-order valence-corrected chi connectivity index (χ3v) is 3.59. The molecule has 0 amide bonds. The molecule has 0 aliphatic heterocycles. The molecule has 0 fully saturated rings. The molecule has 0 bridgehead atoms. The molecule has 0 radical (unpaired) electrons. The Morgan fingerprint density at radius 2 is 1.53 bits per heavy atom. The minimum absolute atomic E-state index is 0. The van der Waals surface area contributed by atoms with Crippen LogP contribution in [0.25, 0.3) is 15.8 Å². The van der Waals surface area contributed by atoms with Crippen LogP contribution in [0, 0.1) is 0 Å². The third kappa shape index (κ3) is 2.01. The van der Waals surface area contributed by atoms with E-state index in [2.05, 4.69) is 0 Å². The first-order chi connectivity index (χ1) is 7.86. The monoisotopic (exact) mass is 261 g/mol. The fourth-order valence-corrected chi connectivity index (χ4v) is 2.70. The van der Waals surface area contributed by atoms with Gasteiger partial charge < -0.3 is 0 Å². The molecule has 2 nitrogen and oxygen atoms in total. The molecule has 0 saturated carbocycles. The maximum atomic E-state index is 12.1. The molecular formula is C13H11NOS2. The molecule has 0 unspecified atom stereocenters. The zero-order chi connectivity index (χ0) is 11.0. The Bertz CT molecular complexity index is 685. The summed E-state index contributed by atoms with van der Waals surface area (Å²) in [5.41, 5.74) is 0.987. The Morgan fingerprint density at radius 3 is 2.24 bits per heavy atom. The average Bonchev–Trinajstić information content (AvgIpc) is 2.69. The van der Waals surface area contributed by atoms with E-state index in [4.69, 9.17) is 0 Å². The first kappa shape index (κ1) is 12.0. The van der Waals surface area contributed by atoms with Crippen molar-refractivity contribution < 1.29 is 0 Å². The molecule has 2 aromatic carbocycles. The lowest BCUT2D eigenvalue weighted by atomic mass is 10.3. The summed E-state index contributed by atoms with van der Waals surface area (Å²) in [6.07, 6.45) is 0. The molecule has 1 aromatic heterocycles. The van der Waals surface area contributed by atoms with E-state index in [1.54, 1.807) is 3.96 Å². The summed E-state index contributed by atoms with van der Waals surface area (Å²) >= 11 is 1.48. The van der Waals surface area contributed by atoms with Crippen molar-refractivity contribution in [1.82, 2.24) is 3.96 Å². The number of para-hydroxylation sites is 1. The second-order valence-electron chi connectivity index (χ2n) is 3.52. The summed E-state index contributed by atoms with van der Waals surface area (Å²) in [6.45, 7) is 0. The van der Waals surface area contributed by atoms with Crippen molar-refractivity contribution in [2.75, 3.05) is 0 Å². The van der Waals surface area contributed by atoms with Crippen molar-refractivity contribution in [2.45, 2.75) is 0 Å². The zero-order valence-corrected chi connectivity index (χ0v) is 10.8. The number of fused-ring (bicyclic) bond motifs is 1. The van der Waals surface area contributed by atoms with Gasteiger partial charge in [-0.15, -0.1) is 0 Å². The predicted molar refractivity (Wildman–Crippen MR) is 77.8 cm³/mol. The van der Waals surface area contributed by atoms with Crippen LogP contribution in [-0.2, 0) is 0 Å². The highest BCUT2D eigenvalue weighted by Gasteiger charge is 2.07. The van der Waals surface area contributed by atoms with Crippen molar-refractivity contribution in [1.29, 1.82) is 0 Å². The lowest BCUT2D eigenvalue weighted by Gasteiger charge is -1.97. The molecule has 0 aliphatic carbocycles. The number of aromatic nitrogens is 1. The Kier molecular flexibility index (Phi) is 3.36. The number of nitrogens with zero attached hydrogens (tertiary/aromatic N) is 1. The second kappa shape index (κ2) is 4.77. The highest BCUT2D eigenvalue weighted by Crippen LogP contribution is 2.19. The normalized spacial score (nSPS) is 10.1. The van der Waals surface area contributed by atoms with Gasteiger partial charge in [0.1, 0.15) is 0 Å². The van der Waals surface area contributed by atoms with Crippen molar-refractivity contribution in [2.24, 2.45) is 0 Å². The number of hydrogen-bond donors (Lipinski definition) is 0. The topological polar surface area (TPSA) is 22.0 Å². The van der Waals surface area contributed by atoms with Gasteiger partial charge in [-0.25, -0.2) is 3.96 Å². The van der Waals surface area contributed by atoms with Gasteiger partial charge in [-0.2, -0.15) is 13.5 Å². The van der Waals surface area contributed by atoms with Gasteiger partial charge in [-0.1, -0.05) is 41.9 Å². The van der Waals surface area contributed by atoms with E-state index < -0.39 is 0 Å². The number of benzene rings is 2. The van der Waals surface area contributed by atoms with Gasteiger partial charge >= 0.3 is 0 Å². The van der Waals surface area contributed by atoms with Gasteiger partial charge in [0, 0.05) is 0 Å². The summed E-state index contributed by atoms with van der Waals surface area (Å²) < 4.78 is 2.75. The van der Waals surface area contributed by atoms with Crippen LogP contribution in [0.2, 0.25) is 0 Å². The van der Waals surface area contributed by atoms with E-state index >= 15 is 0 Å². The first-order valence-electron chi connectivity index (χ1n) is 5.03. The van der Waals surface area contributed by atoms with Crippen molar-refractivity contribution in [3.63, 3.8) is 0 Å². The van der Waals surface area contributed by atoms with Gasteiger partial charge in [0.25, 0.3) is 5.56 Å². The first-order valence-corrected chi connectivity index (χ1v) is 5.80. The standard InChI is InChI=1S/C13H9NOS.H2S/c15-13-11-8-4-5-9-12(11)16-14(13)10-6-2-1-3-7-10;/h1-9H;1H2. The van der Waals surface area contributed by atoms with Crippen LogP contribution >= 0.6 is 25.0 Å². The summed E-state index contributed by atoms with van der Waals surface area (Å²) in [6, 6.07) is 17.4. The van der Waals surface area contributed by atoms with E-state index in [0.29, 0.717) is 0 Å². The quantitative estimate of drug-likeness (QED) is 0.659. The van der Waals surface area contributed by atoms with Gasteiger partial charge in [0.2, 0.25) is 0 Å². The van der Waals surface area contributed by atoms with E-state index in [0.717, 1.165) is 15.8 Å². The zero-order valence-electron chi connectivity index (χ0n) is 8.96. The smallest absolute Gasteiger partial charge is 0.267 e. The van der Waals surface area contributed by atoms with E-state index in [9.17, 15) is 4.79 Å². The molecule has 4 heteroatoms. The second-order valence-corrected chi connectivity index (χ2v) is 4.51. The van der Waals surface area contributed by atoms with Crippen molar-refractivity contribution in [3.05, 3.63) is 65.0 Å². The van der Waals surface area contributed by atoms with Crippen LogP contribution in [-0.4, -0.2) is 3.96 Å². The fourth-order valence-electron chi connectivity index (χ4n) is 1.71. The molecule has 0 aliphatic rings. The third-order valence-electron chi connectivity index (χ3n) is 2.48. The fraction of sp³-hybridized carbons (Fsp3) is 0. The SMILES string of the molecule is O=c1c2ccccc2sn1-c1ccccc1.S. The highest BCUT2D eigenvalue weighted by atomic mass is 32.1. The van der Waals surface area contributed by atoms with Crippen LogP contribution in [0.5, 0.6) is 0 Å². The molecule has 0 N–H and O–H groups in total. The molecule has 86 valence electrons. The van der Waals surface area contributed by atoms with E-state index in [1.807, 2.05) is 54.6 Å². The largest absolute Gasteiger partial charge is 0.273 e. The summed E-state index contributed by atoms with van der Waals surface area (Å²) in [4.78, 5) is 12.1. The highest BCUT2D eigenvalue weighted by molar-refractivity contribution is 7.59. The summed E-state index contributed by atoms with van der Waals surface area (Å²) in [5, 5.41) is 0.788. The van der Waals surface area contributed by atoms with Crippen LogP contribution in [0.1, 0.15) is 0 Å². The minimum Gasteiger partial charge on any atom is -0.267 e. The Labute approximate surface area is 110 Å². The average molecular weight is 261 g/mol. The molecule has 0 spiro atoms. The maximum Gasteiger partial charge on any atom is 0.273 e. The van der Waals surface area contributed by atoms with Crippen LogP contribution < -0.4 is 5.56 Å². The molecule has 1 heterocycles. The van der Waals surface area contributed by atoms with E-state index in [1.165, 1.54) is 11.5 Å². The van der Waals surface area contributed by atoms with Crippen LogP contribution in [0.15, 0.2) is 59.4 Å². The van der Waals surface area contributed by atoms with Gasteiger partial charge in [0.05, 0.1) is 15.8 Å². The van der Waals surface area contributed by atoms with Gasteiger partial charge in [-0.05, 0) is 24.3 Å². The van der Waals surface area contributed by atoms with Gasteiger partial charge in [-0.3, -0.25) is 4.79 Å². The lowest BCUT2D eigenvalue weighted by Crippen LogP contribution is -2.10. The molecule has 17 heavy (non-hydrogen) atoms. The maximum absolute atomic E-state index is 12.1. The Morgan fingerprint density at radius 1 is 0.882 bits per heavy atom. The predicted octanol–water partition coefficient (Wildman–Crippen LogP) is 3.17. The van der Waals surface area contributed by atoms with E-state index in [-0.39, 0.29) is 19.1 Å². The lowest BCUT2D eigenvalue weighted by molar-refractivity contribution is 1.14. The Balaban J connectivity index is 0.00000108. The van der Waals surface area contributed by atoms with Crippen LogP contribution in [0.3, 0.4) is 0 Å². The molecular weight excluding hydrogens is 250 g/mol. The summed E-state index contributed by atoms with van der Waals surface area (Å²) in [5.74, 6) is 0. The molecule has 3 rings (SSSR count). The molecule has 0 atom stereocenters. The number of hydrogen-bond acceptors (Lipinski definition) is 2. The van der Waals surface area contributed by atoms with Gasteiger partial charge in [0.15, 0.2) is 0 Å². The van der Waals surface area contributed by atoms with Crippen LogP contribution in [0.4, 0.5) is 0 Å². The van der Waals surface area contributed by atoms with Crippen molar-refractivity contribution in [3.8, 4) is 5.69 Å². The summed E-state index contributed by atoms with van der Waals surface area (Å²) in [7, 11) is 0. The minimum atomic E-state index is 0. The molecule has 0 saturated heterocycles. The number of rotatable bonds is 1. The van der Waals surface area contributed by atoms with Crippen molar-refractivity contribution >= 4 is 35.1 Å².